The van der Waals surface area contributed by atoms with Gasteiger partial charge in [0.05, 0.1) is 13.3 Å². The zero-order chi connectivity index (χ0) is 20.2. The molecule has 1 N–H and O–H groups in total. The Morgan fingerprint density at radius 1 is 0.933 bits per heavy atom. The molecule has 1 aliphatic rings. The van der Waals surface area contributed by atoms with Crippen LogP contribution in [0.2, 0.25) is 0 Å². The van der Waals surface area contributed by atoms with Gasteiger partial charge in [0.15, 0.2) is 5.82 Å². The number of nitrogens with zero attached hydrogens (tertiary/aromatic N) is 5. The topological polar surface area (TPSA) is 49.5 Å². The van der Waals surface area contributed by atoms with E-state index in [1.807, 2.05) is 39.6 Å². The van der Waals surface area contributed by atoms with Crippen LogP contribution in [0.4, 0.5) is 4.39 Å². The Kier molecular flexibility index (Phi) is 7.74. The summed E-state index contributed by atoms with van der Waals surface area (Å²) < 4.78 is 17.8. The molecule has 4 rings (SSSR count). The molecule has 0 saturated carbocycles. The highest BCUT2D eigenvalue weighted by molar-refractivity contribution is 7.71. The van der Waals surface area contributed by atoms with Gasteiger partial charge in [0, 0.05) is 44.0 Å². The molecule has 0 unspecified atom stereocenters. The van der Waals surface area contributed by atoms with E-state index < -0.39 is 0 Å². The maximum atomic E-state index is 13.4. The normalized spacial score (nSPS) is 15.1. The highest BCUT2D eigenvalue weighted by Crippen LogP contribution is 2.23. The van der Waals surface area contributed by atoms with E-state index in [4.69, 9.17) is 22.4 Å². The fourth-order valence-electron chi connectivity index (χ4n) is 3.58. The van der Waals surface area contributed by atoms with Gasteiger partial charge in [0.25, 0.3) is 0 Å². The van der Waals surface area contributed by atoms with E-state index in [1.165, 1.54) is 12.1 Å². The van der Waals surface area contributed by atoms with Gasteiger partial charge < -0.3 is 5.11 Å². The van der Waals surface area contributed by atoms with Crippen molar-refractivity contribution in [3.05, 3.63) is 65.2 Å². The molecule has 30 heavy (non-hydrogen) atoms. The summed E-state index contributed by atoms with van der Waals surface area (Å²) >= 11 is 5.77. The smallest absolute Gasteiger partial charge is 0.204 e. The van der Waals surface area contributed by atoms with Crippen molar-refractivity contribution in [1.29, 1.82) is 0 Å². The minimum Gasteiger partial charge on any atom is -0.395 e. The minimum absolute atomic E-state index is 0. The van der Waals surface area contributed by atoms with Gasteiger partial charge in [-0.1, -0.05) is 18.2 Å². The van der Waals surface area contributed by atoms with Crippen molar-refractivity contribution in [3.63, 3.8) is 0 Å². The van der Waals surface area contributed by atoms with Gasteiger partial charge in [-0.15, -0.1) is 17.5 Å². The van der Waals surface area contributed by atoms with Crippen LogP contribution in [0.5, 0.6) is 0 Å². The summed E-state index contributed by atoms with van der Waals surface area (Å²) in [5.41, 5.74) is 1.74. The quantitative estimate of drug-likeness (QED) is 0.586. The molecule has 2 aromatic carbocycles. The molecule has 1 aromatic heterocycles. The second-order valence-electron chi connectivity index (χ2n) is 7.11. The third-order valence-electron chi connectivity index (χ3n) is 5.17. The molecule has 9 heteroatoms. The lowest BCUT2D eigenvalue weighted by atomic mass is 10.2. The SMILES string of the molecule is Cl.OCCN1CCN(Cn2nc(-c3ccc(F)cc3)n(-c3ccccc3)c2=S)CC1. The van der Waals surface area contributed by atoms with E-state index in [-0.39, 0.29) is 24.8 Å². The summed E-state index contributed by atoms with van der Waals surface area (Å²) in [6.45, 7) is 5.12. The predicted octanol–water partition coefficient (Wildman–Crippen LogP) is 3.20. The Balaban J connectivity index is 0.00000256. The lowest BCUT2D eigenvalue weighted by Gasteiger charge is -2.33. The first-order valence-electron chi connectivity index (χ1n) is 9.72. The second-order valence-corrected chi connectivity index (χ2v) is 7.47. The number of hydrogen-bond acceptors (Lipinski definition) is 5. The van der Waals surface area contributed by atoms with E-state index in [2.05, 4.69) is 9.80 Å². The molecular formula is C21H25ClFN5OS. The summed E-state index contributed by atoms with van der Waals surface area (Å²) in [4.78, 5) is 4.56. The van der Waals surface area contributed by atoms with Crippen molar-refractivity contribution >= 4 is 24.6 Å². The lowest BCUT2D eigenvalue weighted by molar-refractivity contribution is 0.0892. The highest BCUT2D eigenvalue weighted by Gasteiger charge is 2.20. The van der Waals surface area contributed by atoms with Crippen molar-refractivity contribution < 1.29 is 9.50 Å². The Morgan fingerprint density at radius 2 is 1.57 bits per heavy atom. The van der Waals surface area contributed by atoms with Crippen molar-refractivity contribution in [1.82, 2.24) is 24.1 Å². The molecule has 0 bridgehead atoms. The third kappa shape index (κ3) is 4.96. The molecular weight excluding hydrogens is 425 g/mol. The number of para-hydroxylation sites is 1. The summed E-state index contributed by atoms with van der Waals surface area (Å²) in [6.07, 6.45) is 0. The summed E-state index contributed by atoms with van der Waals surface area (Å²) in [6, 6.07) is 16.2. The van der Waals surface area contributed by atoms with Crippen LogP contribution in [-0.2, 0) is 6.67 Å². The number of benzene rings is 2. The van der Waals surface area contributed by atoms with Gasteiger partial charge in [-0.05, 0) is 48.6 Å². The Hall–Kier alpha value is -2.10. The average Bonchev–Trinajstić information content (AvgIpc) is 3.07. The van der Waals surface area contributed by atoms with E-state index >= 15 is 0 Å². The largest absolute Gasteiger partial charge is 0.395 e. The monoisotopic (exact) mass is 449 g/mol. The van der Waals surface area contributed by atoms with E-state index in [0.29, 0.717) is 23.8 Å². The predicted molar refractivity (Wildman–Crippen MR) is 120 cm³/mol. The van der Waals surface area contributed by atoms with Gasteiger partial charge >= 0.3 is 0 Å². The first kappa shape index (κ1) is 22.6. The minimum atomic E-state index is -0.279. The molecule has 3 aromatic rings. The number of aliphatic hydroxyl groups excluding tert-OH is 1. The fraction of sp³-hybridized carbons (Fsp3) is 0.333. The molecule has 1 aliphatic heterocycles. The Morgan fingerprint density at radius 3 is 2.20 bits per heavy atom. The van der Waals surface area contributed by atoms with E-state index in [1.54, 1.807) is 12.1 Å². The van der Waals surface area contributed by atoms with Crippen LogP contribution in [0.3, 0.4) is 0 Å². The van der Waals surface area contributed by atoms with E-state index in [0.717, 1.165) is 37.4 Å². The molecule has 0 amide bonds. The molecule has 1 fully saturated rings. The van der Waals surface area contributed by atoms with Crippen molar-refractivity contribution in [3.8, 4) is 17.1 Å². The standard InChI is InChI=1S/C21H24FN5OS.ClH/c22-18-8-6-17(7-9-18)20-23-26(16-25-12-10-24(11-13-25)14-15-28)21(29)27(20)19-4-2-1-3-5-19;/h1-9,28H,10-16H2;1H. The number of aromatic nitrogens is 3. The van der Waals surface area contributed by atoms with Gasteiger partial charge in [0.1, 0.15) is 5.82 Å². The van der Waals surface area contributed by atoms with E-state index in [9.17, 15) is 4.39 Å². The molecule has 1 saturated heterocycles. The zero-order valence-corrected chi connectivity index (χ0v) is 18.2. The van der Waals surface area contributed by atoms with Crippen LogP contribution in [0, 0.1) is 10.6 Å². The zero-order valence-electron chi connectivity index (χ0n) is 16.5. The molecule has 160 valence electrons. The van der Waals surface area contributed by atoms with Crippen molar-refractivity contribution in [2.45, 2.75) is 6.67 Å². The average molecular weight is 450 g/mol. The summed E-state index contributed by atoms with van der Waals surface area (Å²) in [5.74, 6) is 0.416. The number of hydrogen-bond donors (Lipinski definition) is 1. The molecule has 0 atom stereocenters. The van der Waals surface area contributed by atoms with Crippen LogP contribution in [-0.4, -0.2) is 68.6 Å². The van der Waals surface area contributed by atoms with Crippen LogP contribution in [0.25, 0.3) is 17.1 Å². The molecule has 0 spiro atoms. The fourth-order valence-corrected chi connectivity index (χ4v) is 3.87. The molecule has 0 aliphatic carbocycles. The molecule has 0 radical (unpaired) electrons. The molecule has 6 nitrogen and oxygen atoms in total. The van der Waals surface area contributed by atoms with Crippen molar-refractivity contribution in [2.75, 3.05) is 39.3 Å². The number of β-amino-alcohol motifs (C(OH)–C–C–N with tert-alkyl or cyclic N) is 1. The van der Waals surface area contributed by atoms with Gasteiger partial charge in [-0.2, -0.15) is 0 Å². The second kappa shape index (κ2) is 10.3. The number of rotatable bonds is 6. The highest BCUT2D eigenvalue weighted by atomic mass is 35.5. The van der Waals surface area contributed by atoms with Gasteiger partial charge in [-0.25, -0.2) is 9.07 Å². The van der Waals surface area contributed by atoms with Gasteiger partial charge in [0.2, 0.25) is 4.77 Å². The third-order valence-corrected chi connectivity index (χ3v) is 5.56. The van der Waals surface area contributed by atoms with Crippen molar-refractivity contribution in [2.24, 2.45) is 0 Å². The van der Waals surface area contributed by atoms with Crippen LogP contribution >= 0.6 is 24.6 Å². The Labute approximate surface area is 186 Å². The van der Waals surface area contributed by atoms with Gasteiger partial charge in [-0.3, -0.25) is 14.4 Å². The Bertz CT molecular complexity index is 1000. The number of piperazine rings is 1. The van der Waals surface area contributed by atoms with Crippen LogP contribution in [0.15, 0.2) is 54.6 Å². The van der Waals surface area contributed by atoms with Crippen LogP contribution < -0.4 is 0 Å². The first-order valence-corrected chi connectivity index (χ1v) is 10.1. The summed E-state index contributed by atoms with van der Waals surface area (Å²) in [7, 11) is 0. The lowest BCUT2D eigenvalue weighted by Crippen LogP contribution is -2.47. The first-order chi connectivity index (χ1) is 14.2. The number of aliphatic hydroxyl groups is 1. The molecule has 2 heterocycles. The summed E-state index contributed by atoms with van der Waals surface area (Å²) in [5, 5.41) is 13.9. The number of halogens is 2. The van der Waals surface area contributed by atoms with Crippen LogP contribution in [0.1, 0.15) is 0 Å². The maximum Gasteiger partial charge on any atom is 0.204 e. The maximum absolute atomic E-state index is 13.4.